The van der Waals surface area contributed by atoms with Gasteiger partial charge in [0.2, 0.25) is 10.0 Å². The quantitative estimate of drug-likeness (QED) is 0.336. The van der Waals surface area contributed by atoms with Crippen molar-refractivity contribution in [3.8, 4) is 17.5 Å². The zero-order chi connectivity index (χ0) is 28.7. The van der Waals surface area contributed by atoms with Gasteiger partial charge >= 0.3 is 6.18 Å². The van der Waals surface area contributed by atoms with E-state index in [9.17, 15) is 31.6 Å². The average Bonchev–Trinajstić information content (AvgIpc) is 3.48. The average molecular weight is 568 g/mol. The molecule has 1 atom stereocenters. The van der Waals surface area contributed by atoms with E-state index in [0.29, 0.717) is 22.9 Å². The molecule has 0 radical (unpaired) electrons. The largest absolute Gasteiger partial charge is 0.497 e. The van der Waals surface area contributed by atoms with Gasteiger partial charge in [0.15, 0.2) is 5.69 Å². The molecule has 204 valence electrons. The third kappa shape index (κ3) is 4.78. The lowest BCUT2D eigenvalue weighted by Crippen LogP contribution is -2.29. The molecule has 0 saturated carbocycles. The van der Waals surface area contributed by atoms with E-state index in [1.807, 2.05) is 6.07 Å². The summed E-state index contributed by atoms with van der Waals surface area (Å²) >= 11 is 0. The third-order valence-electron chi connectivity index (χ3n) is 6.35. The molecule has 1 aliphatic heterocycles. The molecule has 1 aliphatic rings. The first-order valence-electron chi connectivity index (χ1n) is 11.8. The fourth-order valence-corrected chi connectivity index (χ4v) is 6.22. The number of carbonyl (C=O) groups is 1. The number of nitrogens with one attached hydrogen (secondary N) is 1. The summed E-state index contributed by atoms with van der Waals surface area (Å²) in [6.07, 6.45) is -4.78. The molecule has 0 fully saturated rings. The van der Waals surface area contributed by atoms with Crippen LogP contribution in [0.15, 0.2) is 83.8 Å². The SMILES string of the molecule is COc1ccc(-n2nc(C(F)(F)F)cc2C(=O)Nc2ccc(C3c4ccccc4S(=O)(=O)N3CC#N)cc2)cc1. The number of methoxy groups -OCH3 is 1. The number of amides is 1. The number of alkyl halides is 3. The summed E-state index contributed by atoms with van der Waals surface area (Å²) < 4.78 is 73.4. The first kappa shape index (κ1) is 26.9. The number of ether oxygens (including phenoxy) is 1. The van der Waals surface area contributed by atoms with Crippen LogP contribution in [0.1, 0.15) is 33.4 Å². The summed E-state index contributed by atoms with van der Waals surface area (Å²) in [4.78, 5) is 13.2. The van der Waals surface area contributed by atoms with Gasteiger partial charge in [-0.15, -0.1) is 0 Å². The summed E-state index contributed by atoms with van der Waals surface area (Å²) in [6, 6.07) is 20.4. The topological polar surface area (TPSA) is 117 Å². The minimum absolute atomic E-state index is 0.111. The van der Waals surface area contributed by atoms with E-state index in [1.54, 1.807) is 30.3 Å². The predicted octanol–water partition coefficient (Wildman–Crippen LogP) is 4.77. The Morgan fingerprint density at radius 2 is 1.75 bits per heavy atom. The van der Waals surface area contributed by atoms with Crippen molar-refractivity contribution in [2.24, 2.45) is 0 Å². The number of nitriles is 1. The number of hydrogen-bond acceptors (Lipinski definition) is 6. The molecule has 1 N–H and O–H groups in total. The van der Waals surface area contributed by atoms with Crippen LogP contribution in [0.25, 0.3) is 5.69 Å². The molecule has 0 saturated heterocycles. The number of halogens is 3. The van der Waals surface area contributed by atoms with E-state index in [-0.39, 0.29) is 28.5 Å². The van der Waals surface area contributed by atoms with E-state index >= 15 is 0 Å². The number of carbonyl (C=O) groups excluding carboxylic acids is 1. The number of fused-ring (bicyclic) bond motifs is 1. The zero-order valence-corrected chi connectivity index (χ0v) is 21.6. The van der Waals surface area contributed by atoms with E-state index in [2.05, 4.69) is 10.4 Å². The smallest absolute Gasteiger partial charge is 0.435 e. The van der Waals surface area contributed by atoms with Crippen LogP contribution < -0.4 is 10.1 Å². The maximum Gasteiger partial charge on any atom is 0.435 e. The number of sulfonamides is 1. The molecule has 1 amide bonds. The molecule has 2 heterocycles. The van der Waals surface area contributed by atoms with Crippen LogP contribution in [0.2, 0.25) is 0 Å². The van der Waals surface area contributed by atoms with E-state index < -0.39 is 33.8 Å². The highest BCUT2D eigenvalue weighted by Crippen LogP contribution is 2.43. The first-order valence-corrected chi connectivity index (χ1v) is 13.2. The van der Waals surface area contributed by atoms with Crippen LogP contribution in [0.4, 0.5) is 18.9 Å². The molecule has 13 heteroatoms. The zero-order valence-electron chi connectivity index (χ0n) is 20.8. The van der Waals surface area contributed by atoms with Gasteiger partial charge in [-0.05, 0) is 53.6 Å². The van der Waals surface area contributed by atoms with Crippen molar-refractivity contribution in [3.05, 3.63) is 101 Å². The summed E-state index contributed by atoms with van der Waals surface area (Å²) in [5.74, 6) is -0.365. The second kappa shape index (κ2) is 10.1. The lowest BCUT2D eigenvalue weighted by atomic mass is 9.98. The maximum atomic E-state index is 13.5. The van der Waals surface area contributed by atoms with Crippen molar-refractivity contribution in [2.75, 3.05) is 19.0 Å². The lowest BCUT2D eigenvalue weighted by molar-refractivity contribution is -0.141. The highest BCUT2D eigenvalue weighted by atomic mass is 32.2. The molecular formula is C27H20F3N5O4S. The van der Waals surface area contributed by atoms with Crippen LogP contribution in [-0.2, 0) is 16.2 Å². The van der Waals surface area contributed by atoms with Crippen molar-refractivity contribution in [1.29, 1.82) is 5.26 Å². The Hall–Kier alpha value is -4.67. The molecule has 5 rings (SSSR count). The van der Waals surface area contributed by atoms with Gasteiger partial charge in [0.1, 0.15) is 18.0 Å². The first-order chi connectivity index (χ1) is 19.0. The number of nitrogens with zero attached hydrogens (tertiary/aromatic N) is 4. The highest BCUT2D eigenvalue weighted by Gasteiger charge is 2.43. The third-order valence-corrected chi connectivity index (χ3v) is 8.23. The Balaban J connectivity index is 1.45. The summed E-state index contributed by atoms with van der Waals surface area (Å²) in [5, 5.41) is 15.4. The molecule has 3 aromatic carbocycles. The fraction of sp³-hybridized carbons (Fsp3) is 0.148. The van der Waals surface area contributed by atoms with Gasteiger partial charge < -0.3 is 10.1 Å². The molecule has 9 nitrogen and oxygen atoms in total. The Kier molecular flexibility index (Phi) is 6.82. The van der Waals surface area contributed by atoms with Crippen LogP contribution in [-0.4, -0.2) is 42.1 Å². The normalized spacial score (nSPS) is 16.2. The van der Waals surface area contributed by atoms with Crippen LogP contribution in [0.3, 0.4) is 0 Å². The molecule has 1 unspecified atom stereocenters. The molecule has 4 aromatic rings. The van der Waals surface area contributed by atoms with Crippen molar-refractivity contribution in [1.82, 2.24) is 14.1 Å². The Morgan fingerprint density at radius 1 is 1.07 bits per heavy atom. The predicted molar refractivity (Wildman–Crippen MR) is 137 cm³/mol. The highest BCUT2D eigenvalue weighted by molar-refractivity contribution is 7.89. The number of anilines is 1. The lowest BCUT2D eigenvalue weighted by Gasteiger charge is -2.21. The van der Waals surface area contributed by atoms with Gasteiger partial charge in [0.05, 0.1) is 29.8 Å². The number of aromatic nitrogens is 2. The Bertz CT molecular complexity index is 1730. The number of benzene rings is 3. The van der Waals surface area contributed by atoms with E-state index in [1.165, 1.54) is 49.6 Å². The van der Waals surface area contributed by atoms with E-state index in [4.69, 9.17) is 4.74 Å². The van der Waals surface area contributed by atoms with Gasteiger partial charge in [-0.2, -0.15) is 27.8 Å². The second-order valence-electron chi connectivity index (χ2n) is 8.75. The van der Waals surface area contributed by atoms with Gasteiger partial charge in [-0.25, -0.2) is 13.1 Å². The molecule has 1 aromatic heterocycles. The van der Waals surface area contributed by atoms with Crippen molar-refractivity contribution >= 4 is 21.6 Å². The standard InChI is InChI=1S/C27H20F3N5O4S/c1-39-20-12-10-19(11-13-20)35-22(16-24(33-35)27(28,29)30)26(36)32-18-8-6-17(7-9-18)25-21-4-2-3-5-23(21)40(37,38)34(25)15-14-31/h2-13,16,25H,15H2,1H3,(H,32,36). The van der Waals surface area contributed by atoms with Crippen molar-refractivity contribution < 1.29 is 31.1 Å². The summed E-state index contributed by atoms with van der Waals surface area (Å²) in [5.41, 5.74) is -0.0525. The van der Waals surface area contributed by atoms with E-state index in [0.717, 1.165) is 8.99 Å². The minimum atomic E-state index is -4.78. The fourth-order valence-electron chi connectivity index (χ4n) is 4.50. The second-order valence-corrected chi connectivity index (χ2v) is 10.6. The van der Waals surface area contributed by atoms with Crippen molar-refractivity contribution in [2.45, 2.75) is 17.1 Å². The molecular weight excluding hydrogens is 547 g/mol. The van der Waals surface area contributed by atoms with Gasteiger partial charge in [0.25, 0.3) is 5.91 Å². The Morgan fingerprint density at radius 3 is 2.38 bits per heavy atom. The molecule has 0 spiro atoms. The summed E-state index contributed by atoms with van der Waals surface area (Å²) in [6.45, 7) is -0.364. The van der Waals surface area contributed by atoms with Gasteiger partial charge in [-0.1, -0.05) is 30.3 Å². The van der Waals surface area contributed by atoms with Crippen LogP contribution >= 0.6 is 0 Å². The van der Waals surface area contributed by atoms with Gasteiger partial charge in [-0.3, -0.25) is 4.79 Å². The van der Waals surface area contributed by atoms with Crippen LogP contribution in [0.5, 0.6) is 5.75 Å². The maximum absolute atomic E-state index is 13.5. The summed E-state index contributed by atoms with van der Waals surface area (Å²) in [7, 11) is -2.44. The van der Waals surface area contributed by atoms with Crippen molar-refractivity contribution in [3.63, 3.8) is 0 Å². The van der Waals surface area contributed by atoms with Crippen LogP contribution in [0, 0.1) is 11.3 Å². The number of rotatable bonds is 6. The molecule has 0 aliphatic carbocycles. The Labute approximate surface area is 227 Å². The number of hydrogen-bond donors (Lipinski definition) is 1. The minimum Gasteiger partial charge on any atom is -0.497 e. The monoisotopic (exact) mass is 567 g/mol. The van der Waals surface area contributed by atoms with Gasteiger partial charge in [0, 0.05) is 11.8 Å². The molecule has 0 bridgehead atoms. The molecule has 40 heavy (non-hydrogen) atoms.